The van der Waals surface area contributed by atoms with Crippen molar-refractivity contribution in [3.8, 4) is 5.75 Å². The highest BCUT2D eigenvalue weighted by molar-refractivity contribution is 5.90. The van der Waals surface area contributed by atoms with Crippen LogP contribution in [0.2, 0.25) is 0 Å². The highest BCUT2D eigenvalue weighted by Crippen LogP contribution is 2.16. The second-order valence-electron chi connectivity index (χ2n) is 3.33. The SMILES string of the molecule is O=C1C=CC(Oc2ccccc2)CC1. The number of para-hydroxylation sites is 1. The summed E-state index contributed by atoms with van der Waals surface area (Å²) < 4.78 is 5.66. The Labute approximate surface area is 83.2 Å². The number of benzene rings is 1. The van der Waals surface area contributed by atoms with Crippen LogP contribution >= 0.6 is 0 Å². The van der Waals surface area contributed by atoms with E-state index in [1.165, 1.54) is 0 Å². The molecule has 0 saturated heterocycles. The van der Waals surface area contributed by atoms with Gasteiger partial charge in [0.15, 0.2) is 5.78 Å². The molecule has 0 heterocycles. The molecular weight excluding hydrogens is 176 g/mol. The average molecular weight is 188 g/mol. The van der Waals surface area contributed by atoms with E-state index in [0.29, 0.717) is 6.42 Å². The number of hydrogen-bond acceptors (Lipinski definition) is 2. The molecule has 0 saturated carbocycles. The van der Waals surface area contributed by atoms with E-state index in [0.717, 1.165) is 12.2 Å². The largest absolute Gasteiger partial charge is 0.486 e. The molecule has 0 radical (unpaired) electrons. The highest BCUT2D eigenvalue weighted by atomic mass is 16.5. The zero-order valence-electron chi connectivity index (χ0n) is 7.85. The van der Waals surface area contributed by atoms with E-state index in [1.54, 1.807) is 6.08 Å². The Morgan fingerprint density at radius 3 is 2.64 bits per heavy atom. The predicted octanol–water partition coefficient (Wildman–Crippen LogP) is 2.35. The van der Waals surface area contributed by atoms with Crippen molar-refractivity contribution in [2.45, 2.75) is 18.9 Å². The van der Waals surface area contributed by atoms with Gasteiger partial charge in [-0.25, -0.2) is 0 Å². The minimum Gasteiger partial charge on any atom is -0.486 e. The number of allylic oxidation sites excluding steroid dienone is 1. The van der Waals surface area contributed by atoms with E-state index in [1.807, 2.05) is 36.4 Å². The Hall–Kier alpha value is -1.57. The summed E-state index contributed by atoms with van der Waals surface area (Å²) in [6, 6.07) is 9.67. The van der Waals surface area contributed by atoms with Crippen molar-refractivity contribution in [2.75, 3.05) is 0 Å². The molecule has 0 N–H and O–H groups in total. The quantitative estimate of drug-likeness (QED) is 0.712. The second kappa shape index (κ2) is 4.09. The van der Waals surface area contributed by atoms with Gasteiger partial charge >= 0.3 is 0 Å². The first-order valence-electron chi connectivity index (χ1n) is 4.77. The van der Waals surface area contributed by atoms with Gasteiger partial charge in [0.05, 0.1) is 0 Å². The van der Waals surface area contributed by atoms with Gasteiger partial charge in [-0.15, -0.1) is 0 Å². The molecule has 14 heavy (non-hydrogen) atoms. The van der Waals surface area contributed by atoms with Crippen molar-refractivity contribution >= 4 is 5.78 Å². The molecule has 0 spiro atoms. The molecule has 0 amide bonds. The van der Waals surface area contributed by atoms with Crippen LogP contribution in [0.15, 0.2) is 42.5 Å². The number of carbonyl (C=O) groups is 1. The number of carbonyl (C=O) groups excluding carboxylic acids is 1. The summed E-state index contributed by atoms with van der Waals surface area (Å²) in [5, 5.41) is 0. The maximum Gasteiger partial charge on any atom is 0.155 e. The monoisotopic (exact) mass is 188 g/mol. The van der Waals surface area contributed by atoms with Crippen molar-refractivity contribution in [1.29, 1.82) is 0 Å². The zero-order chi connectivity index (χ0) is 9.80. The smallest absolute Gasteiger partial charge is 0.155 e. The van der Waals surface area contributed by atoms with Crippen molar-refractivity contribution in [1.82, 2.24) is 0 Å². The van der Waals surface area contributed by atoms with E-state index in [4.69, 9.17) is 4.74 Å². The van der Waals surface area contributed by atoms with Crippen molar-refractivity contribution in [3.05, 3.63) is 42.5 Å². The Bertz CT molecular complexity index is 341. The van der Waals surface area contributed by atoms with Gasteiger partial charge in [-0.2, -0.15) is 0 Å². The second-order valence-corrected chi connectivity index (χ2v) is 3.33. The number of ether oxygens (including phenoxy) is 1. The summed E-state index contributed by atoms with van der Waals surface area (Å²) >= 11 is 0. The molecule has 0 bridgehead atoms. The van der Waals surface area contributed by atoms with Gasteiger partial charge in [-0.1, -0.05) is 18.2 Å². The minimum atomic E-state index is 0.0510. The molecule has 1 atom stereocenters. The summed E-state index contributed by atoms with van der Waals surface area (Å²) in [5.74, 6) is 1.05. The third kappa shape index (κ3) is 2.22. The molecule has 2 rings (SSSR count). The lowest BCUT2D eigenvalue weighted by Crippen LogP contribution is -2.18. The van der Waals surface area contributed by atoms with Crippen molar-refractivity contribution < 1.29 is 9.53 Å². The van der Waals surface area contributed by atoms with E-state index in [-0.39, 0.29) is 11.9 Å². The fourth-order valence-corrected chi connectivity index (χ4v) is 1.45. The third-order valence-corrected chi connectivity index (χ3v) is 2.20. The van der Waals surface area contributed by atoms with E-state index in [9.17, 15) is 4.79 Å². The van der Waals surface area contributed by atoms with Crippen LogP contribution < -0.4 is 4.74 Å². The molecule has 0 aliphatic heterocycles. The van der Waals surface area contributed by atoms with Gasteiger partial charge in [0.25, 0.3) is 0 Å². The number of rotatable bonds is 2. The average Bonchev–Trinajstić information content (AvgIpc) is 2.23. The Balaban J connectivity index is 1.99. The summed E-state index contributed by atoms with van der Waals surface area (Å²) in [6.07, 6.45) is 4.86. The van der Waals surface area contributed by atoms with Crippen molar-refractivity contribution in [3.63, 3.8) is 0 Å². The Morgan fingerprint density at radius 2 is 2.00 bits per heavy atom. The van der Waals surface area contributed by atoms with Gasteiger partial charge in [-0.05, 0) is 30.7 Å². The normalized spacial score (nSPS) is 20.9. The summed E-state index contributed by atoms with van der Waals surface area (Å²) in [6.45, 7) is 0. The van der Waals surface area contributed by atoms with Crippen LogP contribution in [0.1, 0.15) is 12.8 Å². The highest BCUT2D eigenvalue weighted by Gasteiger charge is 2.13. The standard InChI is InChI=1S/C12H12O2/c13-10-6-8-12(9-7-10)14-11-4-2-1-3-5-11/h1-6,8,12H,7,9H2. The first kappa shape index (κ1) is 9.00. The third-order valence-electron chi connectivity index (χ3n) is 2.20. The molecule has 1 aliphatic carbocycles. The Morgan fingerprint density at radius 1 is 1.21 bits per heavy atom. The fourth-order valence-electron chi connectivity index (χ4n) is 1.45. The molecular formula is C12H12O2. The maximum atomic E-state index is 10.9. The minimum absolute atomic E-state index is 0.0510. The predicted molar refractivity (Wildman–Crippen MR) is 54.2 cm³/mol. The maximum absolute atomic E-state index is 10.9. The van der Waals surface area contributed by atoms with Crippen LogP contribution in [-0.4, -0.2) is 11.9 Å². The van der Waals surface area contributed by atoms with Gasteiger partial charge < -0.3 is 4.74 Å². The van der Waals surface area contributed by atoms with Crippen LogP contribution in [0.25, 0.3) is 0 Å². The van der Waals surface area contributed by atoms with Gasteiger partial charge in [-0.3, -0.25) is 4.79 Å². The lowest BCUT2D eigenvalue weighted by molar-refractivity contribution is -0.115. The van der Waals surface area contributed by atoms with E-state index < -0.39 is 0 Å². The van der Waals surface area contributed by atoms with Crippen LogP contribution in [0.5, 0.6) is 5.75 Å². The molecule has 1 aromatic carbocycles. The van der Waals surface area contributed by atoms with E-state index >= 15 is 0 Å². The van der Waals surface area contributed by atoms with Crippen LogP contribution in [0.4, 0.5) is 0 Å². The summed E-state index contributed by atoms with van der Waals surface area (Å²) in [4.78, 5) is 10.9. The van der Waals surface area contributed by atoms with Crippen LogP contribution in [0.3, 0.4) is 0 Å². The first-order chi connectivity index (χ1) is 6.84. The molecule has 0 fully saturated rings. The molecule has 72 valence electrons. The fraction of sp³-hybridized carbons (Fsp3) is 0.250. The molecule has 2 nitrogen and oxygen atoms in total. The van der Waals surface area contributed by atoms with E-state index in [2.05, 4.69) is 0 Å². The lowest BCUT2D eigenvalue weighted by atomic mass is 10.0. The van der Waals surface area contributed by atoms with Crippen molar-refractivity contribution in [2.24, 2.45) is 0 Å². The van der Waals surface area contributed by atoms with Gasteiger partial charge in [0.2, 0.25) is 0 Å². The zero-order valence-corrected chi connectivity index (χ0v) is 7.85. The molecule has 1 aliphatic rings. The Kier molecular flexibility index (Phi) is 2.63. The van der Waals surface area contributed by atoms with Gasteiger partial charge in [0, 0.05) is 6.42 Å². The topological polar surface area (TPSA) is 26.3 Å². The molecule has 0 aromatic heterocycles. The number of ketones is 1. The van der Waals surface area contributed by atoms with Gasteiger partial charge in [0.1, 0.15) is 11.9 Å². The number of hydrogen-bond donors (Lipinski definition) is 0. The molecule has 2 heteroatoms. The summed E-state index contributed by atoms with van der Waals surface area (Å²) in [5.41, 5.74) is 0. The lowest BCUT2D eigenvalue weighted by Gasteiger charge is -2.17. The first-order valence-corrected chi connectivity index (χ1v) is 4.77. The molecule has 1 unspecified atom stereocenters. The van der Waals surface area contributed by atoms with Crippen LogP contribution in [0, 0.1) is 0 Å². The molecule has 1 aromatic rings. The summed E-state index contributed by atoms with van der Waals surface area (Å²) in [7, 11) is 0. The van der Waals surface area contributed by atoms with Crippen LogP contribution in [-0.2, 0) is 4.79 Å².